The number of aromatic nitrogens is 2. The highest BCUT2D eigenvalue weighted by Crippen LogP contribution is 2.44. The number of halogens is 1. The van der Waals surface area contributed by atoms with Crippen molar-refractivity contribution < 1.29 is 14.3 Å². The molecule has 1 spiro atoms. The molecule has 1 N–H and O–H groups in total. The molecular formula is C18H20ClN3O3. The number of carbonyl (C=O) groups is 1. The minimum Gasteiger partial charge on any atom is -0.487 e. The Bertz CT molecular complexity index is 779. The lowest BCUT2D eigenvalue weighted by atomic mass is 9.82. The highest BCUT2D eigenvalue weighted by Gasteiger charge is 2.42. The van der Waals surface area contributed by atoms with Crippen LogP contribution in [0.3, 0.4) is 0 Å². The van der Waals surface area contributed by atoms with Crippen molar-refractivity contribution >= 4 is 17.5 Å². The van der Waals surface area contributed by atoms with Crippen LogP contribution in [0.4, 0.5) is 0 Å². The number of benzene rings is 1. The lowest BCUT2D eigenvalue weighted by Crippen LogP contribution is -2.48. The maximum Gasteiger partial charge on any atom is 0.271 e. The molecule has 1 aromatic carbocycles. The Morgan fingerprint density at radius 2 is 2.12 bits per heavy atom. The molecule has 6 nitrogen and oxygen atoms in total. The molecule has 132 valence electrons. The third-order valence-electron chi connectivity index (χ3n) is 5.02. The molecule has 25 heavy (non-hydrogen) atoms. The third kappa shape index (κ3) is 3.00. The first-order chi connectivity index (χ1) is 12.1. The summed E-state index contributed by atoms with van der Waals surface area (Å²) in [5, 5.41) is 7.51. The Hall–Kier alpha value is -2.05. The standard InChI is InChI=1S/C18H20ClN3O3/c1-22-16(13(19)11-20-22)17(23)21-14-10-18(6-8-24-9-7-18)25-15-5-3-2-4-12(14)15/h2-5,11,14H,6-10H2,1H3,(H,21,23)/t14-/m1/s1. The summed E-state index contributed by atoms with van der Waals surface area (Å²) >= 11 is 6.11. The second kappa shape index (κ2) is 6.35. The lowest BCUT2D eigenvalue weighted by Gasteiger charge is -2.44. The van der Waals surface area contributed by atoms with Crippen LogP contribution in [0, 0.1) is 0 Å². The van der Waals surface area contributed by atoms with Gasteiger partial charge in [-0.15, -0.1) is 0 Å². The van der Waals surface area contributed by atoms with E-state index >= 15 is 0 Å². The maximum atomic E-state index is 12.8. The number of fused-ring (bicyclic) bond motifs is 1. The van der Waals surface area contributed by atoms with Gasteiger partial charge >= 0.3 is 0 Å². The number of amides is 1. The van der Waals surface area contributed by atoms with Crippen LogP contribution >= 0.6 is 11.6 Å². The summed E-state index contributed by atoms with van der Waals surface area (Å²) in [5.74, 6) is 0.603. The highest BCUT2D eigenvalue weighted by atomic mass is 35.5. The van der Waals surface area contributed by atoms with Crippen molar-refractivity contribution in [2.45, 2.75) is 30.9 Å². The maximum absolute atomic E-state index is 12.8. The number of hydrogen-bond donors (Lipinski definition) is 1. The number of nitrogens with zero attached hydrogens (tertiary/aromatic N) is 2. The number of ether oxygens (including phenoxy) is 2. The number of hydrogen-bond acceptors (Lipinski definition) is 4. The summed E-state index contributed by atoms with van der Waals surface area (Å²) in [5.41, 5.74) is 1.07. The number of aryl methyl sites for hydroxylation is 1. The molecule has 1 atom stereocenters. The summed E-state index contributed by atoms with van der Waals surface area (Å²) in [6.07, 6.45) is 3.84. The average molecular weight is 362 g/mol. The molecule has 1 amide bonds. The van der Waals surface area contributed by atoms with Gasteiger partial charge in [0.2, 0.25) is 0 Å². The molecule has 0 saturated carbocycles. The zero-order valence-corrected chi connectivity index (χ0v) is 14.8. The predicted molar refractivity (Wildman–Crippen MR) is 92.9 cm³/mol. The molecule has 1 aromatic heterocycles. The second-order valence-electron chi connectivity index (χ2n) is 6.63. The van der Waals surface area contributed by atoms with E-state index in [0.29, 0.717) is 30.4 Å². The van der Waals surface area contributed by atoms with Crippen molar-refractivity contribution in [3.8, 4) is 5.75 Å². The number of nitrogens with one attached hydrogen (secondary N) is 1. The van der Waals surface area contributed by atoms with Crippen LogP contribution in [0.5, 0.6) is 5.75 Å². The van der Waals surface area contributed by atoms with Crippen molar-refractivity contribution in [1.29, 1.82) is 0 Å². The van der Waals surface area contributed by atoms with Crippen molar-refractivity contribution in [2.75, 3.05) is 13.2 Å². The molecular weight excluding hydrogens is 342 g/mol. The molecule has 7 heteroatoms. The zero-order valence-electron chi connectivity index (χ0n) is 14.0. The summed E-state index contributed by atoms with van der Waals surface area (Å²) in [4.78, 5) is 12.8. The Morgan fingerprint density at radius 1 is 1.36 bits per heavy atom. The van der Waals surface area contributed by atoms with Gasteiger partial charge in [0.15, 0.2) is 0 Å². The van der Waals surface area contributed by atoms with Crippen molar-refractivity contribution in [3.05, 3.63) is 46.7 Å². The van der Waals surface area contributed by atoms with E-state index in [1.54, 1.807) is 7.05 Å². The molecule has 0 radical (unpaired) electrons. The molecule has 0 unspecified atom stereocenters. The average Bonchev–Trinajstić information content (AvgIpc) is 2.94. The summed E-state index contributed by atoms with van der Waals surface area (Å²) < 4.78 is 13.3. The van der Waals surface area contributed by atoms with Crippen LogP contribution in [-0.2, 0) is 11.8 Å². The number of rotatable bonds is 2. The molecule has 3 heterocycles. The quantitative estimate of drug-likeness (QED) is 0.893. The van der Waals surface area contributed by atoms with Gasteiger partial charge in [-0.2, -0.15) is 5.10 Å². The molecule has 0 bridgehead atoms. The van der Waals surface area contributed by atoms with Gasteiger partial charge in [-0.25, -0.2) is 0 Å². The molecule has 2 aliphatic rings. The Morgan fingerprint density at radius 3 is 2.84 bits per heavy atom. The van der Waals surface area contributed by atoms with E-state index in [0.717, 1.165) is 24.2 Å². The first-order valence-electron chi connectivity index (χ1n) is 8.42. The molecule has 0 aliphatic carbocycles. The van der Waals surface area contributed by atoms with Crippen LogP contribution in [0.2, 0.25) is 5.02 Å². The van der Waals surface area contributed by atoms with E-state index in [2.05, 4.69) is 10.4 Å². The minimum absolute atomic E-state index is 0.137. The van der Waals surface area contributed by atoms with Crippen LogP contribution < -0.4 is 10.1 Å². The van der Waals surface area contributed by atoms with E-state index in [-0.39, 0.29) is 17.6 Å². The van der Waals surface area contributed by atoms with E-state index in [4.69, 9.17) is 21.1 Å². The van der Waals surface area contributed by atoms with Gasteiger partial charge in [0.1, 0.15) is 17.0 Å². The highest BCUT2D eigenvalue weighted by molar-refractivity contribution is 6.33. The Kier molecular flexibility index (Phi) is 4.17. The van der Waals surface area contributed by atoms with Crippen LogP contribution in [-0.4, -0.2) is 34.5 Å². The first-order valence-corrected chi connectivity index (χ1v) is 8.80. The Labute approximate surface area is 151 Å². The van der Waals surface area contributed by atoms with Crippen molar-refractivity contribution in [2.24, 2.45) is 7.05 Å². The van der Waals surface area contributed by atoms with Crippen LogP contribution in [0.1, 0.15) is 41.4 Å². The number of carbonyl (C=O) groups excluding carboxylic acids is 1. The Balaban J connectivity index is 1.64. The molecule has 1 saturated heterocycles. The SMILES string of the molecule is Cn1ncc(Cl)c1C(=O)N[C@@H]1CC2(CCOCC2)Oc2ccccc21. The fraction of sp³-hybridized carbons (Fsp3) is 0.444. The van der Waals surface area contributed by atoms with Gasteiger partial charge in [0.25, 0.3) is 5.91 Å². The van der Waals surface area contributed by atoms with E-state index in [1.165, 1.54) is 10.9 Å². The normalized spacial score (nSPS) is 21.4. The minimum atomic E-state index is -0.291. The summed E-state index contributed by atoms with van der Waals surface area (Å²) in [6, 6.07) is 7.73. The molecule has 2 aliphatic heterocycles. The number of para-hydroxylation sites is 1. The fourth-order valence-corrected chi connectivity index (χ4v) is 3.94. The molecule has 2 aromatic rings. The fourth-order valence-electron chi connectivity index (χ4n) is 3.69. The zero-order chi connectivity index (χ0) is 17.4. The summed E-state index contributed by atoms with van der Waals surface area (Å²) in [6.45, 7) is 1.35. The van der Waals surface area contributed by atoms with Gasteiger partial charge in [-0.05, 0) is 6.07 Å². The molecule has 1 fully saturated rings. The second-order valence-corrected chi connectivity index (χ2v) is 7.04. The van der Waals surface area contributed by atoms with Crippen LogP contribution in [0.25, 0.3) is 0 Å². The topological polar surface area (TPSA) is 65.4 Å². The smallest absolute Gasteiger partial charge is 0.271 e. The van der Waals surface area contributed by atoms with Gasteiger partial charge in [0.05, 0.1) is 30.5 Å². The van der Waals surface area contributed by atoms with Crippen molar-refractivity contribution in [3.63, 3.8) is 0 Å². The van der Waals surface area contributed by atoms with E-state index < -0.39 is 0 Å². The summed E-state index contributed by atoms with van der Waals surface area (Å²) in [7, 11) is 1.71. The van der Waals surface area contributed by atoms with Gasteiger partial charge in [-0.3, -0.25) is 9.48 Å². The van der Waals surface area contributed by atoms with Crippen LogP contribution in [0.15, 0.2) is 30.5 Å². The largest absolute Gasteiger partial charge is 0.487 e. The third-order valence-corrected chi connectivity index (χ3v) is 5.29. The van der Waals surface area contributed by atoms with Gasteiger partial charge in [0, 0.05) is 31.9 Å². The lowest BCUT2D eigenvalue weighted by molar-refractivity contribution is -0.0639. The first kappa shape index (κ1) is 16.4. The monoisotopic (exact) mass is 361 g/mol. The van der Waals surface area contributed by atoms with Gasteiger partial charge < -0.3 is 14.8 Å². The molecule has 4 rings (SSSR count). The van der Waals surface area contributed by atoms with E-state index in [1.807, 2.05) is 24.3 Å². The van der Waals surface area contributed by atoms with E-state index in [9.17, 15) is 4.79 Å². The predicted octanol–water partition coefficient (Wildman–Crippen LogP) is 2.88. The van der Waals surface area contributed by atoms with Crippen molar-refractivity contribution in [1.82, 2.24) is 15.1 Å². The van der Waals surface area contributed by atoms with Gasteiger partial charge in [-0.1, -0.05) is 29.8 Å².